The fourth-order valence-electron chi connectivity index (χ4n) is 4.10. The first-order chi connectivity index (χ1) is 16.4. The number of amides is 1. The number of aliphatic hydroxyl groups excluding tert-OH is 1. The van der Waals surface area contributed by atoms with Gasteiger partial charge in [0, 0.05) is 18.5 Å². The zero-order chi connectivity index (χ0) is 24.2. The van der Waals surface area contributed by atoms with Crippen LogP contribution < -0.4 is 14.0 Å². The summed E-state index contributed by atoms with van der Waals surface area (Å²) in [6.07, 6.45) is 6.14. The van der Waals surface area contributed by atoms with Gasteiger partial charge >= 0.3 is 0 Å². The van der Waals surface area contributed by atoms with Crippen molar-refractivity contribution in [2.45, 2.75) is 19.0 Å². The van der Waals surface area contributed by atoms with Crippen LogP contribution in [0.15, 0.2) is 66.8 Å². The number of carbonyl (C=O) groups is 2. The molecule has 9 heteroatoms. The van der Waals surface area contributed by atoms with Gasteiger partial charge in [0.25, 0.3) is 11.7 Å². The third-order valence-corrected chi connectivity index (χ3v) is 6.11. The highest BCUT2D eigenvalue weighted by molar-refractivity contribution is 6.46. The van der Waals surface area contributed by atoms with Crippen molar-refractivity contribution in [1.82, 2.24) is 9.88 Å². The van der Waals surface area contributed by atoms with E-state index in [-0.39, 0.29) is 16.4 Å². The number of aryl methyl sites for hydroxylation is 1. The highest BCUT2D eigenvalue weighted by atomic mass is 35.5. The number of carbonyl (C=O) groups excluding carboxylic acids is 2. The number of methoxy groups -OCH3 is 2. The lowest BCUT2D eigenvalue weighted by molar-refractivity contribution is -0.695. The van der Waals surface area contributed by atoms with E-state index < -0.39 is 17.7 Å². The van der Waals surface area contributed by atoms with E-state index in [1.54, 1.807) is 43.5 Å². The van der Waals surface area contributed by atoms with Crippen molar-refractivity contribution in [2.24, 2.45) is 0 Å². The number of nitrogens with zero attached hydrogens (tertiary/aromatic N) is 2. The largest absolute Gasteiger partial charge is 0.507 e. The molecule has 8 nitrogen and oxygen atoms in total. The average molecular weight is 483 g/mol. The Balaban J connectivity index is 1.74. The molecule has 1 aliphatic heterocycles. The summed E-state index contributed by atoms with van der Waals surface area (Å²) in [6, 6.07) is 11.1. The molecule has 2 N–H and O–H groups in total. The van der Waals surface area contributed by atoms with Crippen molar-refractivity contribution < 1.29 is 28.7 Å². The molecule has 176 valence electrons. The number of Topliss-reactive ketones (excluding diaryl/α,β-unsaturated/α-hetero) is 1. The van der Waals surface area contributed by atoms with E-state index in [1.807, 2.05) is 23.3 Å². The van der Waals surface area contributed by atoms with Crippen LogP contribution in [0.1, 0.15) is 23.6 Å². The van der Waals surface area contributed by atoms with Crippen LogP contribution in [0.4, 0.5) is 0 Å². The molecule has 1 saturated heterocycles. The van der Waals surface area contributed by atoms with E-state index in [2.05, 4.69) is 4.98 Å². The monoisotopic (exact) mass is 482 g/mol. The van der Waals surface area contributed by atoms with E-state index in [4.69, 9.17) is 21.1 Å². The van der Waals surface area contributed by atoms with Crippen LogP contribution in [0.2, 0.25) is 5.02 Å². The molecule has 0 saturated carbocycles. The number of likely N-dealkylation sites (tertiary alicyclic amines) is 1. The van der Waals surface area contributed by atoms with Crippen molar-refractivity contribution in [2.75, 3.05) is 20.8 Å². The van der Waals surface area contributed by atoms with Crippen molar-refractivity contribution >= 4 is 29.1 Å². The number of rotatable bonds is 8. The summed E-state index contributed by atoms with van der Waals surface area (Å²) in [7, 11) is 3.05. The molecule has 1 atom stereocenters. The predicted molar refractivity (Wildman–Crippen MR) is 126 cm³/mol. The molecule has 0 radical (unpaired) electrons. The second-order valence-corrected chi connectivity index (χ2v) is 8.23. The fourth-order valence-corrected chi connectivity index (χ4v) is 4.35. The Morgan fingerprint density at radius 3 is 2.53 bits per heavy atom. The lowest BCUT2D eigenvalue weighted by Gasteiger charge is -2.25. The Labute approximate surface area is 202 Å². The van der Waals surface area contributed by atoms with Crippen molar-refractivity contribution in [3.05, 3.63) is 82.9 Å². The standard InChI is InChI=1S/C25H24ClN3O5/c1-33-18-7-4-16(5-8-18)22-21(23(30)17-6-9-20(34-2)19(26)14-17)24(31)25(32)29(22)12-3-11-28-13-10-27-15-28/h4-10,13-15,22H,3,11-12H2,1-2H3,(H,30,31)/p+1. The molecule has 2 aromatic carbocycles. The van der Waals surface area contributed by atoms with E-state index in [1.165, 1.54) is 18.1 Å². The predicted octanol–water partition coefficient (Wildman–Crippen LogP) is 3.48. The van der Waals surface area contributed by atoms with Crippen molar-refractivity contribution in [3.8, 4) is 11.5 Å². The van der Waals surface area contributed by atoms with Crippen molar-refractivity contribution in [1.29, 1.82) is 0 Å². The molecular weight excluding hydrogens is 458 g/mol. The first kappa shape index (κ1) is 23.4. The Morgan fingerprint density at radius 2 is 1.91 bits per heavy atom. The number of imidazole rings is 1. The first-order valence-electron chi connectivity index (χ1n) is 10.7. The lowest BCUT2D eigenvalue weighted by atomic mass is 9.95. The molecular formula is C25H25ClN3O5+. The molecule has 34 heavy (non-hydrogen) atoms. The highest BCUT2D eigenvalue weighted by Crippen LogP contribution is 2.40. The molecule has 3 aromatic rings. The van der Waals surface area contributed by atoms with Crippen LogP contribution >= 0.6 is 11.6 Å². The smallest absolute Gasteiger partial charge is 0.295 e. The first-order valence-corrected chi connectivity index (χ1v) is 11.1. The molecule has 2 heterocycles. The van der Waals surface area contributed by atoms with Gasteiger partial charge in [0.15, 0.2) is 0 Å². The Morgan fingerprint density at radius 1 is 1.15 bits per heavy atom. The average Bonchev–Trinajstić information content (AvgIpc) is 3.46. The fraction of sp³-hybridized carbons (Fsp3) is 0.240. The summed E-state index contributed by atoms with van der Waals surface area (Å²) in [5.41, 5.74) is 1.03. The van der Waals surface area contributed by atoms with Crippen molar-refractivity contribution in [3.63, 3.8) is 0 Å². The Kier molecular flexibility index (Phi) is 6.88. The van der Waals surface area contributed by atoms with Gasteiger partial charge in [-0.05, 0) is 35.9 Å². The van der Waals surface area contributed by atoms with Crippen LogP contribution in [0, 0.1) is 0 Å². The van der Waals surface area contributed by atoms with Gasteiger partial charge < -0.3 is 19.5 Å². The molecule has 0 spiro atoms. The lowest BCUT2D eigenvalue weighted by Crippen LogP contribution is -2.36. The van der Waals surface area contributed by atoms with E-state index in [0.29, 0.717) is 42.1 Å². The van der Waals surface area contributed by atoms with Crippen LogP contribution in [0.25, 0.3) is 5.76 Å². The molecule has 4 rings (SSSR count). The second kappa shape index (κ2) is 10.0. The Hall–Kier alpha value is -3.78. The van der Waals surface area contributed by atoms with Gasteiger partial charge in [0.05, 0.1) is 37.4 Å². The van der Waals surface area contributed by atoms with Crippen LogP contribution in [-0.2, 0) is 16.1 Å². The van der Waals surface area contributed by atoms with Gasteiger partial charge in [-0.2, -0.15) is 0 Å². The maximum Gasteiger partial charge on any atom is 0.295 e. The normalized spacial score (nSPS) is 17.3. The van der Waals surface area contributed by atoms with Gasteiger partial charge in [-0.25, -0.2) is 4.57 Å². The third kappa shape index (κ3) is 4.49. The quantitative estimate of drug-likeness (QED) is 0.222. The molecule has 1 aliphatic rings. The zero-order valence-corrected chi connectivity index (χ0v) is 19.6. The number of halogens is 1. The molecule has 1 amide bonds. The highest BCUT2D eigenvalue weighted by Gasteiger charge is 2.45. The van der Waals surface area contributed by atoms with Gasteiger partial charge in [0.2, 0.25) is 6.33 Å². The van der Waals surface area contributed by atoms with E-state index in [0.717, 1.165) is 0 Å². The summed E-state index contributed by atoms with van der Waals surface area (Å²) in [6.45, 7) is 0.996. The Bertz CT molecular complexity index is 1220. The number of nitrogens with one attached hydrogen (secondary N) is 1. The molecule has 1 fully saturated rings. The summed E-state index contributed by atoms with van der Waals surface area (Å²) in [5.74, 6) is -0.592. The second-order valence-electron chi connectivity index (χ2n) is 7.82. The minimum atomic E-state index is -0.747. The number of hydrogen-bond donors (Lipinski definition) is 2. The molecule has 1 unspecified atom stereocenters. The van der Waals surface area contributed by atoms with Crippen LogP contribution in [-0.4, -0.2) is 47.4 Å². The number of ketones is 1. The summed E-state index contributed by atoms with van der Waals surface area (Å²) >= 11 is 6.24. The summed E-state index contributed by atoms with van der Waals surface area (Å²) < 4.78 is 12.4. The number of hydrogen-bond acceptors (Lipinski definition) is 5. The number of aromatic amines is 1. The van der Waals surface area contributed by atoms with Gasteiger partial charge in [0.1, 0.15) is 29.7 Å². The number of benzene rings is 2. The maximum atomic E-state index is 13.1. The van der Waals surface area contributed by atoms with Gasteiger partial charge in [-0.1, -0.05) is 23.7 Å². The molecule has 0 bridgehead atoms. The van der Waals surface area contributed by atoms with Crippen LogP contribution in [0.3, 0.4) is 0 Å². The van der Waals surface area contributed by atoms with E-state index >= 15 is 0 Å². The van der Waals surface area contributed by atoms with E-state index in [9.17, 15) is 14.7 Å². The van der Waals surface area contributed by atoms with Crippen LogP contribution in [0.5, 0.6) is 11.5 Å². The minimum Gasteiger partial charge on any atom is -0.507 e. The number of aromatic nitrogens is 2. The number of H-pyrrole nitrogens is 1. The van der Waals surface area contributed by atoms with Gasteiger partial charge in [-0.3, -0.25) is 14.6 Å². The summed E-state index contributed by atoms with van der Waals surface area (Å²) in [4.78, 5) is 30.7. The number of ether oxygens (including phenoxy) is 2. The molecule has 0 aliphatic carbocycles. The zero-order valence-electron chi connectivity index (χ0n) is 18.8. The number of aliphatic hydroxyl groups is 1. The third-order valence-electron chi connectivity index (χ3n) is 5.81. The molecule has 1 aromatic heterocycles. The SMILES string of the molecule is COc1ccc(C2C(=C(O)c3ccc(OC)c(Cl)c3)C(=O)C(=O)N2CCC[n+]2cc[nH]c2)cc1. The maximum absolute atomic E-state index is 13.1. The minimum absolute atomic E-state index is 0.0192. The van der Waals surface area contributed by atoms with Gasteiger partial charge in [-0.15, -0.1) is 0 Å². The topological polar surface area (TPSA) is 95.7 Å². The summed E-state index contributed by atoms with van der Waals surface area (Å²) in [5, 5.41) is 11.5.